The van der Waals surface area contributed by atoms with Crippen molar-refractivity contribution in [3.8, 4) is 34.1 Å². The zero-order valence-corrected chi connectivity index (χ0v) is 29.2. The quantitative estimate of drug-likeness (QED) is 0.0677. The van der Waals surface area contributed by atoms with E-state index in [0.29, 0.717) is 77.0 Å². The van der Waals surface area contributed by atoms with Crippen molar-refractivity contribution in [1.82, 2.24) is 4.90 Å². The first-order valence-corrected chi connectivity index (χ1v) is 16.2. The molecular weight excluding hydrogens is 662 g/mol. The van der Waals surface area contributed by atoms with Gasteiger partial charge in [-0.25, -0.2) is 9.59 Å². The highest BCUT2D eigenvalue weighted by molar-refractivity contribution is 5.87. The Morgan fingerprint density at radius 1 is 0.784 bits per heavy atom. The number of carbonyl (C=O) groups is 2. The van der Waals surface area contributed by atoms with Gasteiger partial charge in [-0.3, -0.25) is 4.79 Å². The average molecular weight is 706 g/mol. The van der Waals surface area contributed by atoms with Gasteiger partial charge in [-0.1, -0.05) is 24.3 Å². The van der Waals surface area contributed by atoms with E-state index >= 15 is 0 Å². The first kappa shape index (κ1) is 38.4. The van der Waals surface area contributed by atoms with Crippen molar-refractivity contribution >= 4 is 29.0 Å². The van der Waals surface area contributed by atoms with Crippen molar-refractivity contribution in [3.05, 3.63) is 88.8 Å². The Morgan fingerprint density at radius 3 is 2.08 bits per heavy atom. The lowest BCUT2D eigenvalue weighted by molar-refractivity contribution is -0.147. The maximum Gasteiger partial charge on any atom is 0.344 e. The fraction of sp³-hybridized carbons (Fsp3) is 0.342. The first-order chi connectivity index (χ1) is 24.8. The molecule has 3 aromatic carbocycles. The van der Waals surface area contributed by atoms with Gasteiger partial charge in [-0.2, -0.15) is 0 Å². The largest absolute Gasteiger partial charge is 0.493 e. The zero-order chi connectivity index (χ0) is 36.4. The van der Waals surface area contributed by atoms with Crippen LogP contribution < -0.4 is 24.4 Å². The van der Waals surface area contributed by atoms with Crippen LogP contribution in [0.3, 0.4) is 0 Å². The molecule has 0 amide bonds. The zero-order valence-electron chi connectivity index (χ0n) is 29.2. The van der Waals surface area contributed by atoms with Crippen LogP contribution in [0.25, 0.3) is 28.2 Å². The number of fused-ring (bicyclic) bond motifs is 1. The Bertz CT molecular complexity index is 1780. The Labute approximate surface area is 296 Å². The minimum Gasteiger partial charge on any atom is -0.493 e. The lowest BCUT2D eigenvalue weighted by atomic mass is 10.1. The number of ether oxygens (including phenoxy) is 8. The Morgan fingerprint density at radius 2 is 1.43 bits per heavy atom. The smallest absolute Gasteiger partial charge is 0.344 e. The number of carbonyl (C=O) groups excluding carboxylic acids is 2. The highest BCUT2D eigenvalue weighted by atomic mass is 16.6. The van der Waals surface area contributed by atoms with Gasteiger partial charge in [-0.15, -0.1) is 0 Å². The van der Waals surface area contributed by atoms with Crippen LogP contribution in [0, 0.1) is 0 Å². The van der Waals surface area contributed by atoms with Crippen LogP contribution >= 0.6 is 0 Å². The van der Waals surface area contributed by atoms with Gasteiger partial charge in [0.2, 0.25) is 5.75 Å². The minimum absolute atomic E-state index is 0.0993. The lowest BCUT2D eigenvalue weighted by Crippen LogP contribution is -2.28. The molecule has 13 nitrogen and oxygen atoms in total. The van der Waals surface area contributed by atoms with Crippen molar-refractivity contribution in [2.24, 2.45) is 0 Å². The molecule has 0 N–H and O–H groups in total. The number of rotatable bonds is 21. The molecule has 0 radical (unpaired) electrons. The fourth-order valence-electron chi connectivity index (χ4n) is 4.77. The number of methoxy groups -OCH3 is 3. The van der Waals surface area contributed by atoms with Crippen molar-refractivity contribution in [2.75, 3.05) is 87.7 Å². The first-order valence-electron chi connectivity index (χ1n) is 16.2. The topological polar surface area (TPSA) is 141 Å². The van der Waals surface area contributed by atoms with Gasteiger partial charge in [0.1, 0.15) is 30.8 Å². The summed E-state index contributed by atoms with van der Waals surface area (Å²) in [7, 11) is 6.49. The fourth-order valence-corrected chi connectivity index (χ4v) is 4.77. The van der Waals surface area contributed by atoms with E-state index in [0.717, 1.165) is 0 Å². The number of hydrogen-bond acceptors (Lipinski definition) is 13. The van der Waals surface area contributed by atoms with Crippen LogP contribution in [-0.2, 0) is 28.5 Å². The Hall–Kier alpha value is -5.37. The van der Waals surface area contributed by atoms with E-state index < -0.39 is 11.9 Å². The molecule has 0 aliphatic carbocycles. The van der Waals surface area contributed by atoms with Gasteiger partial charge in [0.05, 0.1) is 58.7 Å². The summed E-state index contributed by atoms with van der Waals surface area (Å²) in [6, 6.07) is 17.3. The highest BCUT2D eigenvalue weighted by Crippen LogP contribution is 2.38. The average Bonchev–Trinajstić information content (AvgIpc) is 3.15. The summed E-state index contributed by atoms with van der Waals surface area (Å²) in [6.07, 6.45) is 4.36. The number of benzene rings is 3. The molecule has 0 unspecified atom stereocenters. The van der Waals surface area contributed by atoms with E-state index in [4.69, 9.17) is 42.3 Å². The molecule has 1 aromatic heterocycles. The third-order valence-corrected chi connectivity index (χ3v) is 7.50. The van der Waals surface area contributed by atoms with Gasteiger partial charge >= 0.3 is 11.9 Å². The molecule has 272 valence electrons. The van der Waals surface area contributed by atoms with Gasteiger partial charge in [0.15, 0.2) is 23.5 Å². The molecule has 4 rings (SSSR count). The maximum absolute atomic E-state index is 12.8. The van der Waals surface area contributed by atoms with E-state index in [9.17, 15) is 14.4 Å². The molecule has 0 atom stereocenters. The van der Waals surface area contributed by atoms with Crippen LogP contribution in [0.4, 0.5) is 0 Å². The van der Waals surface area contributed by atoms with E-state index in [1.165, 1.54) is 33.7 Å². The molecule has 0 fully saturated rings. The lowest BCUT2D eigenvalue weighted by Gasteiger charge is -2.16. The Kier molecular flexibility index (Phi) is 15.3. The van der Waals surface area contributed by atoms with Gasteiger partial charge in [0, 0.05) is 19.2 Å². The monoisotopic (exact) mass is 705 g/mol. The van der Waals surface area contributed by atoms with Crippen LogP contribution in [0.5, 0.6) is 23.0 Å². The van der Waals surface area contributed by atoms with Crippen LogP contribution in [0.15, 0.2) is 82.2 Å². The van der Waals surface area contributed by atoms with Crippen molar-refractivity contribution in [3.63, 3.8) is 0 Å². The van der Waals surface area contributed by atoms with E-state index in [1.54, 1.807) is 60.7 Å². The predicted molar refractivity (Wildman–Crippen MR) is 190 cm³/mol. The molecule has 13 heteroatoms. The van der Waals surface area contributed by atoms with Crippen molar-refractivity contribution in [1.29, 1.82) is 0 Å². The summed E-state index contributed by atoms with van der Waals surface area (Å²) < 4.78 is 48.5. The molecule has 4 aromatic rings. The number of nitrogens with zero attached hydrogens (tertiary/aromatic N) is 1. The number of hydrogen-bond donors (Lipinski definition) is 0. The summed E-state index contributed by atoms with van der Waals surface area (Å²) >= 11 is 0. The van der Waals surface area contributed by atoms with Crippen LogP contribution in [0.2, 0.25) is 0 Å². The Balaban J connectivity index is 1.00. The minimum atomic E-state index is -0.521. The van der Waals surface area contributed by atoms with Gasteiger partial charge in [-0.05, 0) is 60.6 Å². The number of likely N-dealkylation sites (N-methyl/N-ethyl adjacent to an activating group) is 1. The summed E-state index contributed by atoms with van der Waals surface area (Å²) in [5.74, 6) is 0.874. The molecule has 0 aliphatic heterocycles. The van der Waals surface area contributed by atoms with Gasteiger partial charge in [0.25, 0.3) is 0 Å². The second-order valence-electron chi connectivity index (χ2n) is 11.0. The highest BCUT2D eigenvalue weighted by Gasteiger charge is 2.13. The summed E-state index contributed by atoms with van der Waals surface area (Å²) in [5.41, 5.74) is 2.21. The predicted octanol–water partition coefficient (Wildman–Crippen LogP) is 4.63. The maximum atomic E-state index is 12.8. The summed E-state index contributed by atoms with van der Waals surface area (Å²) in [4.78, 5) is 39.0. The third-order valence-electron chi connectivity index (χ3n) is 7.50. The SMILES string of the molecule is COc1cc(/C=C/C(=O)OCCOCCN(C)CCOCCOC(=O)COc2ccc(-c3coc4ccccc4c3=O)cc2)cc(OC)c1OC. The molecule has 0 aliphatic rings. The summed E-state index contributed by atoms with van der Waals surface area (Å²) in [5, 5.41) is 0.509. The van der Waals surface area contributed by atoms with Crippen LogP contribution in [-0.4, -0.2) is 105 Å². The molecule has 0 bridgehead atoms. The van der Waals surface area contributed by atoms with E-state index in [2.05, 4.69) is 0 Å². The molecule has 0 saturated heterocycles. The molecule has 51 heavy (non-hydrogen) atoms. The normalized spacial score (nSPS) is 11.2. The molecular formula is C38H43NO12. The second kappa shape index (κ2) is 20.3. The molecule has 0 spiro atoms. The third kappa shape index (κ3) is 11.9. The number of para-hydroxylation sites is 1. The number of esters is 2. The standard InChI is InChI=1S/C38H43NO12/c1-39(15-17-46-19-21-48-35(40)14-9-27-23-33(43-2)38(45-4)34(24-27)44-3)16-18-47-20-22-49-36(41)26-50-29-12-10-28(11-13-29)31-25-51-32-8-6-5-7-30(32)37(31)42/h5-14,23-25H,15-22,26H2,1-4H3/b14-9+. The van der Waals surface area contributed by atoms with Crippen LogP contribution in [0.1, 0.15) is 5.56 Å². The second-order valence-corrected chi connectivity index (χ2v) is 11.0. The van der Waals surface area contributed by atoms with Gasteiger partial charge < -0.3 is 47.2 Å². The summed E-state index contributed by atoms with van der Waals surface area (Å²) in [6.45, 7) is 2.67. The van der Waals surface area contributed by atoms with E-state index in [-0.39, 0.29) is 38.5 Å². The van der Waals surface area contributed by atoms with E-state index in [1.807, 2.05) is 18.0 Å². The molecule has 1 heterocycles. The van der Waals surface area contributed by atoms with Crippen molar-refractivity contribution < 1.29 is 51.9 Å². The van der Waals surface area contributed by atoms with Crippen molar-refractivity contribution in [2.45, 2.75) is 0 Å². The molecule has 0 saturated carbocycles.